The molecule has 0 fully saturated rings. The smallest absolute Gasteiger partial charge is 0.241 e. The van der Waals surface area contributed by atoms with E-state index in [9.17, 15) is 4.79 Å². The summed E-state index contributed by atoms with van der Waals surface area (Å²) in [6.45, 7) is 3.65. The summed E-state index contributed by atoms with van der Waals surface area (Å²) in [5.41, 5.74) is 2.37. The number of guanidine groups is 1. The number of likely N-dealkylation sites (N-methyl/N-ethyl adjacent to an activating group) is 1. The molecule has 1 aromatic heterocycles. The Kier molecular flexibility index (Phi) is 7.47. The van der Waals surface area contributed by atoms with Crippen molar-refractivity contribution in [3.8, 4) is 0 Å². The van der Waals surface area contributed by atoms with Gasteiger partial charge in [0, 0.05) is 25.5 Å². The standard InChI is InChI=1S/C19H26N4OS/c1-15-6-4-7-16(12-15)13-21-19(22-14-18(24)23(2)3)20-10-9-17-8-5-11-25-17/h4-8,11-12H,9-10,13-14H2,1-3H3,(H2,20,21,22). The number of hydrogen-bond donors (Lipinski definition) is 2. The first-order valence-electron chi connectivity index (χ1n) is 8.35. The molecule has 2 rings (SSSR count). The zero-order chi connectivity index (χ0) is 18.1. The van der Waals surface area contributed by atoms with Gasteiger partial charge in [-0.15, -0.1) is 11.3 Å². The van der Waals surface area contributed by atoms with E-state index in [1.165, 1.54) is 10.4 Å². The van der Waals surface area contributed by atoms with E-state index in [1.807, 2.05) is 6.07 Å². The number of carbonyl (C=O) groups excluding carboxylic acids is 1. The molecule has 6 heteroatoms. The minimum absolute atomic E-state index is 0.0170. The number of hydrogen-bond acceptors (Lipinski definition) is 3. The van der Waals surface area contributed by atoms with E-state index in [1.54, 1.807) is 30.3 Å². The Bertz CT molecular complexity index is 695. The first kappa shape index (κ1) is 19.0. The van der Waals surface area contributed by atoms with Gasteiger partial charge in [-0.3, -0.25) is 4.79 Å². The van der Waals surface area contributed by atoms with Gasteiger partial charge in [-0.1, -0.05) is 35.9 Å². The first-order chi connectivity index (χ1) is 12.0. The van der Waals surface area contributed by atoms with Gasteiger partial charge >= 0.3 is 0 Å². The summed E-state index contributed by atoms with van der Waals surface area (Å²) in [4.78, 5) is 19.3. The summed E-state index contributed by atoms with van der Waals surface area (Å²) < 4.78 is 0. The van der Waals surface area contributed by atoms with Gasteiger partial charge in [-0.2, -0.15) is 0 Å². The molecular weight excluding hydrogens is 332 g/mol. The molecule has 0 aliphatic carbocycles. The van der Waals surface area contributed by atoms with E-state index in [2.05, 4.69) is 58.3 Å². The molecule has 0 saturated carbocycles. The lowest BCUT2D eigenvalue weighted by Crippen LogP contribution is -2.43. The third-order valence-corrected chi connectivity index (χ3v) is 4.59. The number of thiophene rings is 1. The Hall–Kier alpha value is -2.34. The van der Waals surface area contributed by atoms with Crippen LogP contribution in [0.15, 0.2) is 46.8 Å². The molecule has 0 atom stereocenters. The van der Waals surface area contributed by atoms with Crippen LogP contribution in [0, 0.1) is 6.92 Å². The number of nitrogens with one attached hydrogen (secondary N) is 2. The van der Waals surface area contributed by atoms with Crippen LogP contribution in [0.5, 0.6) is 0 Å². The maximum Gasteiger partial charge on any atom is 0.241 e. The Balaban J connectivity index is 1.94. The van der Waals surface area contributed by atoms with Crippen LogP contribution in [-0.4, -0.2) is 44.0 Å². The van der Waals surface area contributed by atoms with Crippen molar-refractivity contribution in [2.45, 2.75) is 19.9 Å². The van der Waals surface area contributed by atoms with Crippen molar-refractivity contribution in [3.05, 3.63) is 57.8 Å². The lowest BCUT2D eigenvalue weighted by molar-refractivity contribution is -0.127. The number of benzene rings is 1. The van der Waals surface area contributed by atoms with E-state index < -0.39 is 0 Å². The van der Waals surface area contributed by atoms with Crippen LogP contribution in [0.25, 0.3) is 0 Å². The number of aliphatic imine (C=N–C) groups is 1. The second-order valence-electron chi connectivity index (χ2n) is 6.05. The molecule has 1 aromatic carbocycles. The van der Waals surface area contributed by atoms with Gasteiger partial charge in [0.25, 0.3) is 0 Å². The lowest BCUT2D eigenvalue weighted by atomic mass is 10.1. The molecule has 0 radical (unpaired) electrons. The maximum absolute atomic E-state index is 11.8. The lowest BCUT2D eigenvalue weighted by Gasteiger charge is -2.15. The number of nitrogens with zero attached hydrogens (tertiary/aromatic N) is 2. The van der Waals surface area contributed by atoms with Crippen LogP contribution in [0.4, 0.5) is 0 Å². The highest BCUT2D eigenvalue weighted by Crippen LogP contribution is 2.08. The van der Waals surface area contributed by atoms with Gasteiger partial charge in [0.15, 0.2) is 5.96 Å². The summed E-state index contributed by atoms with van der Waals surface area (Å²) in [7, 11) is 3.50. The molecule has 0 spiro atoms. The van der Waals surface area contributed by atoms with Crippen molar-refractivity contribution in [1.29, 1.82) is 0 Å². The third-order valence-electron chi connectivity index (χ3n) is 3.65. The topological polar surface area (TPSA) is 56.7 Å². The molecule has 1 heterocycles. The Morgan fingerprint density at radius 1 is 1.20 bits per heavy atom. The molecule has 25 heavy (non-hydrogen) atoms. The van der Waals surface area contributed by atoms with Gasteiger partial charge in [0.1, 0.15) is 0 Å². The van der Waals surface area contributed by atoms with Gasteiger partial charge in [-0.25, -0.2) is 4.99 Å². The molecule has 0 unspecified atom stereocenters. The Morgan fingerprint density at radius 2 is 2.04 bits per heavy atom. The average Bonchev–Trinajstić information content (AvgIpc) is 3.09. The monoisotopic (exact) mass is 358 g/mol. The fourth-order valence-corrected chi connectivity index (χ4v) is 2.94. The molecule has 134 valence electrons. The molecule has 2 N–H and O–H groups in total. The summed E-state index contributed by atoms with van der Waals surface area (Å²) in [5, 5.41) is 8.51. The quantitative estimate of drug-likeness (QED) is 0.590. The Morgan fingerprint density at radius 3 is 2.72 bits per heavy atom. The molecule has 0 aliphatic rings. The van der Waals surface area contributed by atoms with Crippen LogP contribution in [-0.2, 0) is 17.8 Å². The van der Waals surface area contributed by atoms with Gasteiger partial charge in [0.2, 0.25) is 5.91 Å². The fourth-order valence-electron chi connectivity index (χ4n) is 2.23. The van der Waals surface area contributed by atoms with E-state index in [-0.39, 0.29) is 12.5 Å². The average molecular weight is 359 g/mol. The van der Waals surface area contributed by atoms with Crippen molar-refractivity contribution < 1.29 is 4.79 Å². The van der Waals surface area contributed by atoms with Crippen molar-refractivity contribution in [2.24, 2.45) is 4.99 Å². The van der Waals surface area contributed by atoms with Crippen molar-refractivity contribution in [1.82, 2.24) is 15.5 Å². The molecule has 0 aliphatic heterocycles. The van der Waals surface area contributed by atoms with E-state index in [0.29, 0.717) is 12.5 Å². The highest BCUT2D eigenvalue weighted by molar-refractivity contribution is 7.09. The normalized spacial score (nSPS) is 11.2. The molecule has 0 saturated heterocycles. The zero-order valence-electron chi connectivity index (χ0n) is 15.1. The maximum atomic E-state index is 11.8. The van der Waals surface area contributed by atoms with Gasteiger partial charge in [-0.05, 0) is 30.4 Å². The van der Waals surface area contributed by atoms with Crippen LogP contribution in [0.2, 0.25) is 0 Å². The van der Waals surface area contributed by atoms with E-state index in [4.69, 9.17) is 0 Å². The second-order valence-corrected chi connectivity index (χ2v) is 7.08. The van der Waals surface area contributed by atoms with Crippen LogP contribution in [0.1, 0.15) is 16.0 Å². The SMILES string of the molecule is Cc1cccc(CN=C(NCCc2cccs2)NCC(=O)N(C)C)c1. The number of aryl methyl sites for hydroxylation is 1. The highest BCUT2D eigenvalue weighted by Gasteiger charge is 2.06. The summed E-state index contributed by atoms with van der Waals surface area (Å²) >= 11 is 1.75. The van der Waals surface area contributed by atoms with Crippen molar-refractivity contribution in [3.63, 3.8) is 0 Å². The zero-order valence-corrected chi connectivity index (χ0v) is 15.9. The largest absolute Gasteiger partial charge is 0.356 e. The first-order valence-corrected chi connectivity index (χ1v) is 9.23. The van der Waals surface area contributed by atoms with Crippen LogP contribution < -0.4 is 10.6 Å². The minimum Gasteiger partial charge on any atom is -0.356 e. The third kappa shape index (κ3) is 6.97. The highest BCUT2D eigenvalue weighted by atomic mass is 32.1. The second kappa shape index (κ2) is 9.84. The van der Waals surface area contributed by atoms with Gasteiger partial charge in [0.05, 0.1) is 13.1 Å². The van der Waals surface area contributed by atoms with Crippen LogP contribution >= 0.6 is 11.3 Å². The number of rotatable bonds is 7. The molecule has 0 bridgehead atoms. The summed E-state index contributed by atoms with van der Waals surface area (Å²) in [6.07, 6.45) is 0.935. The molecule has 2 aromatic rings. The fraction of sp³-hybridized carbons (Fsp3) is 0.368. The Labute approximate surface area is 153 Å². The number of amides is 1. The minimum atomic E-state index is 0.0170. The predicted molar refractivity (Wildman–Crippen MR) is 105 cm³/mol. The van der Waals surface area contributed by atoms with Crippen molar-refractivity contribution in [2.75, 3.05) is 27.2 Å². The van der Waals surface area contributed by atoms with E-state index >= 15 is 0 Å². The molecule has 5 nitrogen and oxygen atoms in total. The summed E-state index contributed by atoms with van der Waals surface area (Å²) in [5.74, 6) is 0.677. The van der Waals surface area contributed by atoms with E-state index in [0.717, 1.165) is 18.5 Å². The van der Waals surface area contributed by atoms with Crippen LogP contribution in [0.3, 0.4) is 0 Å². The molecular formula is C19H26N4OS. The van der Waals surface area contributed by atoms with Crippen molar-refractivity contribution >= 4 is 23.2 Å². The number of carbonyl (C=O) groups is 1. The predicted octanol–water partition coefficient (Wildman–Crippen LogP) is 2.42. The van der Waals surface area contributed by atoms with Gasteiger partial charge < -0.3 is 15.5 Å². The summed E-state index contributed by atoms with van der Waals surface area (Å²) in [6, 6.07) is 12.5. The molecule has 1 amide bonds.